The number of hydrogen-bond acceptors (Lipinski definition) is 2. The van der Waals surface area contributed by atoms with E-state index in [1.807, 2.05) is 19.9 Å². The zero-order valence-corrected chi connectivity index (χ0v) is 7.24. The van der Waals surface area contributed by atoms with Crippen molar-refractivity contribution in [3.05, 3.63) is 0 Å². The molecule has 0 radical (unpaired) electrons. The summed E-state index contributed by atoms with van der Waals surface area (Å²) >= 11 is 0. The van der Waals surface area contributed by atoms with Crippen molar-refractivity contribution in [1.29, 1.82) is 5.26 Å². The molecule has 1 atom stereocenters. The van der Waals surface area contributed by atoms with Gasteiger partial charge in [0.05, 0.1) is 6.07 Å². The highest BCUT2D eigenvalue weighted by molar-refractivity contribution is 5.66. The lowest BCUT2D eigenvalue weighted by molar-refractivity contribution is 0.138. The minimum absolute atomic E-state index is 0.201. The summed E-state index contributed by atoms with van der Waals surface area (Å²) in [6.07, 6.45) is -0.232. The maximum Gasteiger partial charge on any atom is 0.408 e. The fourth-order valence-corrected chi connectivity index (χ4v) is 1.55. The molecule has 1 N–H and O–H groups in total. The third kappa shape index (κ3) is 1.22. The molecule has 0 aromatic rings. The summed E-state index contributed by atoms with van der Waals surface area (Å²) in [6, 6.07) is 1.54. The van der Waals surface area contributed by atoms with Crippen LogP contribution >= 0.6 is 0 Å². The highest BCUT2D eigenvalue weighted by Crippen LogP contribution is 2.35. The molecule has 0 aromatic carbocycles. The molecule has 4 nitrogen and oxygen atoms in total. The monoisotopic (exact) mass is 168 g/mol. The molecule has 1 unspecified atom stereocenters. The molecular formula is C8H12N2O2. The van der Waals surface area contributed by atoms with Gasteiger partial charge in [-0.1, -0.05) is 13.8 Å². The quantitative estimate of drug-likeness (QED) is 0.592. The maximum atomic E-state index is 10.6. The average molecular weight is 168 g/mol. The first-order valence-electron chi connectivity index (χ1n) is 3.88. The molecular weight excluding hydrogens is 156 g/mol. The second-order valence-corrected chi connectivity index (χ2v) is 3.75. The lowest BCUT2D eigenvalue weighted by Gasteiger charge is -2.24. The topological polar surface area (TPSA) is 64.3 Å². The van der Waals surface area contributed by atoms with E-state index in [1.165, 1.54) is 4.90 Å². The van der Waals surface area contributed by atoms with Crippen molar-refractivity contribution in [2.75, 3.05) is 6.54 Å². The molecule has 1 aliphatic rings. The SMILES string of the molecule is CC1(C)CCN(C(=O)O)C1C#N. The predicted octanol–water partition coefficient (Wildman–Crippen LogP) is 1.29. The standard InChI is InChI=1S/C8H12N2O2/c1-8(2)3-4-10(7(11)12)6(8)5-9/h6H,3-4H2,1-2H3,(H,11,12). The Hall–Kier alpha value is -1.24. The van der Waals surface area contributed by atoms with Crippen molar-refractivity contribution in [1.82, 2.24) is 4.90 Å². The van der Waals surface area contributed by atoms with Crippen molar-refractivity contribution in [3.63, 3.8) is 0 Å². The normalized spacial score (nSPS) is 26.8. The van der Waals surface area contributed by atoms with E-state index in [1.54, 1.807) is 0 Å². The number of nitriles is 1. The van der Waals surface area contributed by atoms with Gasteiger partial charge in [0.25, 0.3) is 0 Å². The van der Waals surface area contributed by atoms with Gasteiger partial charge in [0.2, 0.25) is 0 Å². The first-order chi connectivity index (χ1) is 5.49. The van der Waals surface area contributed by atoms with Gasteiger partial charge < -0.3 is 5.11 Å². The van der Waals surface area contributed by atoms with E-state index in [4.69, 9.17) is 10.4 Å². The predicted molar refractivity (Wildman–Crippen MR) is 42.5 cm³/mol. The van der Waals surface area contributed by atoms with Crippen LogP contribution in [0.15, 0.2) is 0 Å². The Morgan fingerprint density at radius 2 is 2.33 bits per heavy atom. The van der Waals surface area contributed by atoms with Gasteiger partial charge in [-0.05, 0) is 6.42 Å². The molecule has 0 spiro atoms. The Balaban J connectivity index is 2.85. The van der Waals surface area contributed by atoms with E-state index in [0.717, 1.165) is 6.42 Å². The fourth-order valence-electron chi connectivity index (χ4n) is 1.55. The molecule has 0 aliphatic carbocycles. The molecule has 66 valence electrons. The van der Waals surface area contributed by atoms with Gasteiger partial charge in [-0.2, -0.15) is 5.26 Å². The van der Waals surface area contributed by atoms with Crippen LogP contribution < -0.4 is 0 Å². The molecule has 4 heteroatoms. The zero-order valence-electron chi connectivity index (χ0n) is 7.24. The van der Waals surface area contributed by atoms with Crippen LogP contribution in [0.25, 0.3) is 0 Å². The summed E-state index contributed by atoms with van der Waals surface area (Å²) in [7, 11) is 0. The van der Waals surface area contributed by atoms with Crippen molar-refractivity contribution < 1.29 is 9.90 Å². The summed E-state index contributed by atoms with van der Waals surface area (Å²) in [5.41, 5.74) is -0.201. The third-order valence-electron chi connectivity index (χ3n) is 2.42. The molecule has 1 aliphatic heterocycles. The van der Waals surface area contributed by atoms with E-state index in [9.17, 15) is 4.79 Å². The number of rotatable bonds is 0. The molecule has 1 heterocycles. The highest BCUT2D eigenvalue weighted by atomic mass is 16.4. The largest absolute Gasteiger partial charge is 0.465 e. The van der Waals surface area contributed by atoms with Crippen molar-refractivity contribution in [2.45, 2.75) is 26.3 Å². The number of nitrogens with zero attached hydrogens (tertiary/aromatic N) is 2. The Morgan fingerprint density at radius 3 is 2.67 bits per heavy atom. The van der Waals surface area contributed by atoms with Gasteiger partial charge in [0, 0.05) is 12.0 Å². The van der Waals surface area contributed by atoms with Crippen LogP contribution in [-0.4, -0.2) is 28.7 Å². The van der Waals surface area contributed by atoms with Gasteiger partial charge in [0.15, 0.2) is 0 Å². The Labute approximate surface area is 71.4 Å². The fraction of sp³-hybridized carbons (Fsp3) is 0.750. The van der Waals surface area contributed by atoms with Crippen LogP contribution in [0.1, 0.15) is 20.3 Å². The lowest BCUT2D eigenvalue weighted by Crippen LogP contribution is -2.38. The van der Waals surface area contributed by atoms with Gasteiger partial charge in [-0.3, -0.25) is 4.90 Å². The average Bonchev–Trinajstić information content (AvgIpc) is 2.24. The summed E-state index contributed by atoms with van der Waals surface area (Å²) in [4.78, 5) is 11.8. The molecule has 12 heavy (non-hydrogen) atoms. The Morgan fingerprint density at radius 1 is 1.75 bits per heavy atom. The number of hydrogen-bond donors (Lipinski definition) is 1. The number of carbonyl (C=O) groups is 1. The minimum atomic E-state index is -0.993. The second-order valence-electron chi connectivity index (χ2n) is 3.75. The number of carboxylic acid groups (broad SMARTS) is 1. The molecule has 1 saturated heterocycles. The van der Waals surface area contributed by atoms with Crippen LogP contribution in [-0.2, 0) is 0 Å². The Kier molecular flexibility index (Phi) is 1.97. The smallest absolute Gasteiger partial charge is 0.408 e. The summed E-state index contributed by atoms with van der Waals surface area (Å²) in [6.45, 7) is 4.31. The van der Waals surface area contributed by atoms with Crippen molar-refractivity contribution in [3.8, 4) is 6.07 Å². The lowest BCUT2D eigenvalue weighted by atomic mass is 9.86. The molecule has 0 bridgehead atoms. The van der Waals surface area contributed by atoms with Crippen molar-refractivity contribution >= 4 is 6.09 Å². The van der Waals surface area contributed by atoms with Gasteiger partial charge in [-0.15, -0.1) is 0 Å². The zero-order chi connectivity index (χ0) is 9.35. The molecule has 1 amide bonds. The molecule has 1 rings (SSSR count). The molecule has 1 fully saturated rings. The first kappa shape index (κ1) is 8.85. The van der Waals surface area contributed by atoms with Crippen LogP contribution in [0.3, 0.4) is 0 Å². The Bertz CT molecular complexity index is 242. The second kappa shape index (κ2) is 2.67. The summed E-state index contributed by atoms with van der Waals surface area (Å²) in [5, 5.41) is 17.5. The van der Waals surface area contributed by atoms with Crippen LogP contribution in [0.2, 0.25) is 0 Å². The van der Waals surface area contributed by atoms with E-state index in [2.05, 4.69) is 0 Å². The van der Waals surface area contributed by atoms with E-state index < -0.39 is 12.1 Å². The van der Waals surface area contributed by atoms with Crippen LogP contribution in [0.4, 0.5) is 4.79 Å². The highest BCUT2D eigenvalue weighted by Gasteiger charge is 2.42. The maximum absolute atomic E-state index is 10.6. The third-order valence-corrected chi connectivity index (χ3v) is 2.42. The number of likely N-dealkylation sites (tertiary alicyclic amines) is 1. The van der Waals surface area contributed by atoms with Gasteiger partial charge in [0.1, 0.15) is 6.04 Å². The van der Waals surface area contributed by atoms with E-state index in [-0.39, 0.29) is 5.41 Å². The summed E-state index contributed by atoms with van der Waals surface area (Å²) in [5.74, 6) is 0. The molecule has 0 saturated carbocycles. The van der Waals surface area contributed by atoms with Gasteiger partial charge in [-0.25, -0.2) is 4.79 Å². The van der Waals surface area contributed by atoms with Crippen LogP contribution in [0, 0.1) is 16.7 Å². The summed E-state index contributed by atoms with van der Waals surface area (Å²) < 4.78 is 0. The van der Waals surface area contributed by atoms with Crippen LogP contribution in [0.5, 0.6) is 0 Å². The number of amides is 1. The van der Waals surface area contributed by atoms with E-state index >= 15 is 0 Å². The minimum Gasteiger partial charge on any atom is -0.465 e. The molecule has 0 aromatic heterocycles. The van der Waals surface area contributed by atoms with E-state index in [0.29, 0.717) is 6.54 Å². The van der Waals surface area contributed by atoms with Gasteiger partial charge >= 0.3 is 6.09 Å². The van der Waals surface area contributed by atoms with Crippen molar-refractivity contribution in [2.24, 2.45) is 5.41 Å². The first-order valence-corrected chi connectivity index (χ1v) is 3.88.